The van der Waals surface area contributed by atoms with Crippen molar-refractivity contribution in [2.24, 2.45) is 0 Å². The predicted octanol–water partition coefficient (Wildman–Crippen LogP) is 1.55. The minimum Gasteiger partial charge on any atom is -0.478 e. The van der Waals surface area contributed by atoms with Crippen LogP contribution in [0.1, 0.15) is 24.2 Å². The van der Waals surface area contributed by atoms with Gasteiger partial charge in [0.25, 0.3) is 0 Å². The maximum absolute atomic E-state index is 13.2. The van der Waals surface area contributed by atoms with Crippen LogP contribution >= 0.6 is 0 Å². The second-order valence-corrected chi connectivity index (χ2v) is 6.06. The SMILES string of the molecule is CC(C)N(C)S(=O)(=O)c1ccc(F)c(C(=O)O)c1. The summed E-state index contributed by atoms with van der Waals surface area (Å²) in [6.45, 7) is 3.36. The monoisotopic (exact) mass is 275 g/mol. The first-order chi connectivity index (χ1) is 8.17. The van der Waals surface area contributed by atoms with E-state index in [2.05, 4.69) is 0 Å². The number of rotatable bonds is 4. The van der Waals surface area contributed by atoms with Crippen LogP contribution in [-0.4, -0.2) is 36.9 Å². The summed E-state index contributed by atoms with van der Waals surface area (Å²) in [4.78, 5) is 10.5. The van der Waals surface area contributed by atoms with E-state index in [1.807, 2.05) is 0 Å². The highest BCUT2D eigenvalue weighted by molar-refractivity contribution is 7.89. The van der Waals surface area contributed by atoms with Gasteiger partial charge in [-0.2, -0.15) is 4.31 Å². The summed E-state index contributed by atoms with van der Waals surface area (Å²) >= 11 is 0. The van der Waals surface area contributed by atoms with Crippen molar-refractivity contribution in [3.8, 4) is 0 Å². The number of nitrogens with zero attached hydrogens (tertiary/aromatic N) is 1. The van der Waals surface area contributed by atoms with Gasteiger partial charge in [-0.05, 0) is 32.0 Å². The average molecular weight is 275 g/mol. The van der Waals surface area contributed by atoms with Gasteiger partial charge in [-0.3, -0.25) is 0 Å². The van der Waals surface area contributed by atoms with Crippen LogP contribution in [0.3, 0.4) is 0 Å². The number of aromatic carboxylic acids is 1. The first-order valence-electron chi connectivity index (χ1n) is 5.18. The van der Waals surface area contributed by atoms with Crippen LogP contribution in [0.4, 0.5) is 4.39 Å². The lowest BCUT2D eigenvalue weighted by molar-refractivity contribution is 0.0691. The number of carbonyl (C=O) groups is 1. The Balaban J connectivity index is 3.35. The third-order valence-electron chi connectivity index (χ3n) is 2.57. The van der Waals surface area contributed by atoms with Crippen molar-refractivity contribution in [1.29, 1.82) is 0 Å². The molecule has 1 rings (SSSR count). The largest absolute Gasteiger partial charge is 0.478 e. The van der Waals surface area contributed by atoms with Gasteiger partial charge in [0, 0.05) is 13.1 Å². The van der Waals surface area contributed by atoms with E-state index in [9.17, 15) is 17.6 Å². The fourth-order valence-electron chi connectivity index (χ4n) is 1.27. The standard InChI is InChI=1S/C11H14FNO4S/c1-7(2)13(3)18(16,17)8-4-5-10(12)9(6-8)11(14)15/h4-7H,1-3H3,(H,14,15). The molecule has 0 atom stereocenters. The van der Waals surface area contributed by atoms with E-state index < -0.39 is 27.4 Å². The molecule has 0 aromatic heterocycles. The van der Waals surface area contributed by atoms with E-state index in [0.29, 0.717) is 0 Å². The van der Waals surface area contributed by atoms with E-state index in [4.69, 9.17) is 5.11 Å². The predicted molar refractivity (Wildman–Crippen MR) is 63.4 cm³/mol. The second kappa shape index (κ2) is 5.03. The Morgan fingerprint density at radius 2 is 1.94 bits per heavy atom. The molecule has 18 heavy (non-hydrogen) atoms. The summed E-state index contributed by atoms with van der Waals surface area (Å²) in [6.07, 6.45) is 0. The van der Waals surface area contributed by atoms with Gasteiger partial charge in [-0.15, -0.1) is 0 Å². The molecule has 0 fully saturated rings. The summed E-state index contributed by atoms with van der Waals surface area (Å²) in [5.74, 6) is -2.47. The first-order valence-corrected chi connectivity index (χ1v) is 6.62. The molecule has 5 nitrogen and oxygen atoms in total. The highest BCUT2D eigenvalue weighted by Gasteiger charge is 2.25. The average Bonchev–Trinajstić information content (AvgIpc) is 2.27. The molecule has 0 radical (unpaired) electrons. The number of sulfonamides is 1. The zero-order chi connectivity index (χ0) is 14.1. The van der Waals surface area contributed by atoms with Crippen LogP contribution in [0.25, 0.3) is 0 Å². The summed E-state index contributed by atoms with van der Waals surface area (Å²) < 4.78 is 38.4. The van der Waals surface area contributed by atoms with E-state index in [1.54, 1.807) is 13.8 Å². The molecular weight excluding hydrogens is 261 g/mol. The molecular formula is C11H14FNO4S. The Hall–Kier alpha value is -1.47. The quantitative estimate of drug-likeness (QED) is 0.904. The van der Waals surface area contributed by atoms with E-state index >= 15 is 0 Å². The van der Waals surface area contributed by atoms with Crippen LogP contribution in [0, 0.1) is 5.82 Å². The Kier molecular flexibility index (Phi) is 4.08. The number of halogens is 1. The lowest BCUT2D eigenvalue weighted by Crippen LogP contribution is -2.33. The van der Waals surface area contributed by atoms with Crippen molar-refractivity contribution in [1.82, 2.24) is 4.31 Å². The van der Waals surface area contributed by atoms with Gasteiger partial charge in [0.05, 0.1) is 10.5 Å². The molecule has 0 aliphatic rings. The molecule has 0 amide bonds. The number of benzene rings is 1. The van der Waals surface area contributed by atoms with E-state index in [-0.39, 0.29) is 10.9 Å². The van der Waals surface area contributed by atoms with Crippen molar-refractivity contribution in [2.45, 2.75) is 24.8 Å². The number of hydrogen-bond acceptors (Lipinski definition) is 3. The van der Waals surface area contributed by atoms with Crippen LogP contribution in [0.15, 0.2) is 23.1 Å². The van der Waals surface area contributed by atoms with Gasteiger partial charge in [0.2, 0.25) is 10.0 Å². The Bertz CT molecular complexity index is 568. The molecule has 0 spiro atoms. The highest BCUT2D eigenvalue weighted by atomic mass is 32.2. The van der Waals surface area contributed by atoms with Crippen molar-refractivity contribution >= 4 is 16.0 Å². The number of carboxylic acid groups (broad SMARTS) is 1. The maximum atomic E-state index is 13.2. The molecule has 0 aliphatic carbocycles. The smallest absolute Gasteiger partial charge is 0.338 e. The van der Waals surface area contributed by atoms with Gasteiger partial charge >= 0.3 is 5.97 Å². The molecule has 0 heterocycles. The van der Waals surface area contributed by atoms with Crippen LogP contribution in [0.2, 0.25) is 0 Å². The van der Waals surface area contributed by atoms with Gasteiger partial charge in [-0.25, -0.2) is 17.6 Å². The molecule has 1 aromatic rings. The zero-order valence-electron chi connectivity index (χ0n) is 10.2. The van der Waals surface area contributed by atoms with Crippen molar-refractivity contribution in [3.05, 3.63) is 29.6 Å². The minimum atomic E-state index is -3.81. The highest BCUT2D eigenvalue weighted by Crippen LogP contribution is 2.19. The van der Waals surface area contributed by atoms with Crippen LogP contribution in [-0.2, 0) is 10.0 Å². The summed E-state index contributed by atoms with van der Waals surface area (Å²) in [7, 11) is -2.43. The maximum Gasteiger partial charge on any atom is 0.338 e. The molecule has 0 aliphatic heterocycles. The number of carboxylic acids is 1. The fraction of sp³-hybridized carbons (Fsp3) is 0.364. The molecule has 0 saturated carbocycles. The van der Waals surface area contributed by atoms with Gasteiger partial charge in [0.15, 0.2) is 0 Å². The Morgan fingerprint density at radius 1 is 1.39 bits per heavy atom. The summed E-state index contributed by atoms with van der Waals surface area (Å²) in [5, 5.41) is 8.76. The number of hydrogen-bond donors (Lipinski definition) is 1. The Morgan fingerprint density at radius 3 is 2.39 bits per heavy atom. The molecule has 0 bridgehead atoms. The lowest BCUT2D eigenvalue weighted by atomic mass is 10.2. The second-order valence-electron chi connectivity index (χ2n) is 4.06. The van der Waals surface area contributed by atoms with Crippen molar-refractivity contribution < 1.29 is 22.7 Å². The minimum absolute atomic E-state index is 0.238. The van der Waals surface area contributed by atoms with Gasteiger partial charge < -0.3 is 5.11 Å². The van der Waals surface area contributed by atoms with Gasteiger partial charge in [-0.1, -0.05) is 0 Å². The summed E-state index contributed by atoms with van der Waals surface area (Å²) in [5.41, 5.74) is -0.659. The van der Waals surface area contributed by atoms with Crippen LogP contribution < -0.4 is 0 Å². The fourth-order valence-corrected chi connectivity index (χ4v) is 2.67. The third-order valence-corrected chi connectivity index (χ3v) is 4.60. The summed E-state index contributed by atoms with van der Waals surface area (Å²) in [6, 6.07) is 2.43. The van der Waals surface area contributed by atoms with Gasteiger partial charge in [0.1, 0.15) is 5.82 Å². The van der Waals surface area contributed by atoms with Crippen molar-refractivity contribution in [3.63, 3.8) is 0 Å². The molecule has 1 aromatic carbocycles. The molecule has 0 unspecified atom stereocenters. The first kappa shape index (κ1) is 14.6. The van der Waals surface area contributed by atoms with E-state index in [1.165, 1.54) is 7.05 Å². The normalized spacial score (nSPS) is 12.1. The Labute approximate surface area is 105 Å². The lowest BCUT2D eigenvalue weighted by Gasteiger charge is -2.21. The molecule has 1 N–H and O–H groups in total. The van der Waals surface area contributed by atoms with Crippen LogP contribution in [0.5, 0.6) is 0 Å². The molecule has 7 heteroatoms. The van der Waals surface area contributed by atoms with Crippen molar-refractivity contribution in [2.75, 3.05) is 7.05 Å². The zero-order valence-corrected chi connectivity index (χ0v) is 11.0. The topological polar surface area (TPSA) is 74.7 Å². The third kappa shape index (κ3) is 2.68. The van der Waals surface area contributed by atoms with E-state index in [0.717, 1.165) is 22.5 Å². The molecule has 100 valence electrons. The molecule has 0 saturated heterocycles.